The molecular formula is C14H20N2O2S. The molecule has 1 aromatic carbocycles. The van der Waals surface area contributed by atoms with E-state index in [0.717, 1.165) is 36.5 Å². The van der Waals surface area contributed by atoms with Crippen LogP contribution >= 0.6 is 11.8 Å². The van der Waals surface area contributed by atoms with Crippen molar-refractivity contribution in [2.45, 2.75) is 30.3 Å². The molecule has 1 aromatic rings. The van der Waals surface area contributed by atoms with Gasteiger partial charge in [0.05, 0.1) is 5.75 Å². The van der Waals surface area contributed by atoms with Crippen LogP contribution in [0.25, 0.3) is 0 Å². The summed E-state index contributed by atoms with van der Waals surface area (Å²) in [5.41, 5.74) is 6.65. The summed E-state index contributed by atoms with van der Waals surface area (Å²) in [7, 11) is 0. The molecule has 3 N–H and O–H groups in total. The third-order valence-electron chi connectivity index (χ3n) is 3.12. The molecule has 1 aliphatic rings. The standard InChI is InChI=1S/C14H20N2O2S/c15-9-11-1-3-13(4-2-11)19-10-14(17)16-12-5-7-18-8-6-12/h1-4,12H,5-10,15H2,(H,16,17). The lowest BCUT2D eigenvalue weighted by Gasteiger charge is -2.23. The first-order chi connectivity index (χ1) is 9.28. The summed E-state index contributed by atoms with van der Waals surface area (Å²) in [6, 6.07) is 8.29. The smallest absolute Gasteiger partial charge is 0.230 e. The normalized spacial score (nSPS) is 16.3. The fourth-order valence-electron chi connectivity index (χ4n) is 1.98. The molecule has 4 nitrogen and oxygen atoms in total. The Morgan fingerprint density at radius 2 is 2.00 bits per heavy atom. The van der Waals surface area contributed by atoms with Gasteiger partial charge < -0.3 is 15.8 Å². The maximum atomic E-state index is 11.8. The van der Waals surface area contributed by atoms with Crippen molar-refractivity contribution in [3.8, 4) is 0 Å². The highest BCUT2D eigenvalue weighted by Crippen LogP contribution is 2.18. The summed E-state index contributed by atoms with van der Waals surface area (Å²) in [5, 5.41) is 3.05. The van der Waals surface area contributed by atoms with Crippen molar-refractivity contribution in [1.29, 1.82) is 0 Å². The van der Waals surface area contributed by atoms with Crippen molar-refractivity contribution in [3.05, 3.63) is 29.8 Å². The summed E-state index contributed by atoms with van der Waals surface area (Å²) in [6.45, 7) is 2.05. The van der Waals surface area contributed by atoms with Crippen molar-refractivity contribution < 1.29 is 9.53 Å². The lowest BCUT2D eigenvalue weighted by Crippen LogP contribution is -2.39. The van der Waals surface area contributed by atoms with Crippen LogP contribution in [0.2, 0.25) is 0 Å². The van der Waals surface area contributed by atoms with Crippen LogP contribution < -0.4 is 11.1 Å². The van der Waals surface area contributed by atoms with Gasteiger partial charge in [0.15, 0.2) is 0 Å². The van der Waals surface area contributed by atoms with Gasteiger partial charge in [-0.3, -0.25) is 4.79 Å². The zero-order valence-electron chi connectivity index (χ0n) is 10.9. The Hall–Kier alpha value is -1.04. The zero-order chi connectivity index (χ0) is 13.5. The van der Waals surface area contributed by atoms with E-state index in [2.05, 4.69) is 5.32 Å². The minimum atomic E-state index is 0.0970. The average molecular weight is 280 g/mol. The van der Waals surface area contributed by atoms with E-state index in [4.69, 9.17) is 10.5 Å². The number of nitrogens with two attached hydrogens (primary N) is 1. The predicted molar refractivity (Wildman–Crippen MR) is 77.0 cm³/mol. The van der Waals surface area contributed by atoms with Gasteiger partial charge >= 0.3 is 0 Å². The highest BCUT2D eigenvalue weighted by molar-refractivity contribution is 8.00. The lowest BCUT2D eigenvalue weighted by molar-refractivity contribution is -0.119. The monoisotopic (exact) mass is 280 g/mol. The molecule has 5 heteroatoms. The third-order valence-corrected chi connectivity index (χ3v) is 4.13. The number of carbonyl (C=O) groups is 1. The number of rotatable bonds is 5. The van der Waals surface area contributed by atoms with E-state index in [-0.39, 0.29) is 11.9 Å². The second-order valence-electron chi connectivity index (χ2n) is 4.59. The SMILES string of the molecule is NCc1ccc(SCC(=O)NC2CCOCC2)cc1. The van der Waals surface area contributed by atoms with Gasteiger partial charge in [0, 0.05) is 30.7 Å². The Kier molecular flexibility index (Phi) is 5.69. The van der Waals surface area contributed by atoms with Crippen LogP contribution in [0.5, 0.6) is 0 Å². The second-order valence-corrected chi connectivity index (χ2v) is 5.64. The Morgan fingerprint density at radius 3 is 2.63 bits per heavy atom. The first-order valence-electron chi connectivity index (χ1n) is 6.57. The lowest BCUT2D eigenvalue weighted by atomic mass is 10.1. The summed E-state index contributed by atoms with van der Waals surface area (Å²) < 4.78 is 5.27. The average Bonchev–Trinajstić information content (AvgIpc) is 2.47. The van der Waals surface area contributed by atoms with Gasteiger partial charge in [0.25, 0.3) is 0 Å². The number of nitrogens with one attached hydrogen (secondary N) is 1. The minimum Gasteiger partial charge on any atom is -0.381 e. The number of hydrogen-bond acceptors (Lipinski definition) is 4. The van der Waals surface area contributed by atoms with Gasteiger partial charge in [-0.1, -0.05) is 12.1 Å². The van der Waals surface area contributed by atoms with E-state index in [1.807, 2.05) is 24.3 Å². The molecule has 104 valence electrons. The molecule has 1 saturated heterocycles. The van der Waals surface area contributed by atoms with Crippen LogP contribution in [0.1, 0.15) is 18.4 Å². The second kappa shape index (κ2) is 7.53. The Morgan fingerprint density at radius 1 is 1.32 bits per heavy atom. The molecule has 0 saturated carbocycles. The molecule has 19 heavy (non-hydrogen) atoms. The maximum absolute atomic E-state index is 11.8. The van der Waals surface area contributed by atoms with Crippen molar-refractivity contribution in [2.24, 2.45) is 5.73 Å². The summed E-state index contributed by atoms with van der Waals surface area (Å²) in [4.78, 5) is 12.9. The molecule has 0 atom stereocenters. The largest absolute Gasteiger partial charge is 0.381 e. The van der Waals surface area contributed by atoms with E-state index >= 15 is 0 Å². The molecule has 1 amide bonds. The quantitative estimate of drug-likeness (QED) is 0.803. The number of benzene rings is 1. The fourth-order valence-corrected chi connectivity index (χ4v) is 2.69. The van der Waals surface area contributed by atoms with Crippen molar-refractivity contribution in [3.63, 3.8) is 0 Å². The van der Waals surface area contributed by atoms with Crippen LogP contribution in [0, 0.1) is 0 Å². The molecule has 0 spiro atoms. The third kappa shape index (κ3) is 4.86. The van der Waals surface area contributed by atoms with Crippen molar-refractivity contribution >= 4 is 17.7 Å². The topological polar surface area (TPSA) is 64.4 Å². The maximum Gasteiger partial charge on any atom is 0.230 e. The number of carbonyl (C=O) groups excluding carboxylic acids is 1. The van der Waals surface area contributed by atoms with E-state index in [1.54, 1.807) is 11.8 Å². The van der Waals surface area contributed by atoms with Gasteiger partial charge in [0.1, 0.15) is 0 Å². The summed E-state index contributed by atoms with van der Waals surface area (Å²) >= 11 is 1.55. The molecule has 2 rings (SSSR count). The number of amides is 1. The molecular weight excluding hydrogens is 260 g/mol. The Labute approximate surface area is 118 Å². The molecule has 0 aromatic heterocycles. The number of ether oxygens (including phenoxy) is 1. The molecule has 1 fully saturated rings. The summed E-state index contributed by atoms with van der Waals surface area (Å²) in [6.07, 6.45) is 1.84. The molecule has 1 aliphatic heterocycles. The van der Waals surface area contributed by atoms with Crippen LogP contribution in [-0.2, 0) is 16.1 Å². The van der Waals surface area contributed by atoms with E-state index in [0.29, 0.717) is 12.3 Å². The van der Waals surface area contributed by atoms with Gasteiger partial charge in [-0.05, 0) is 30.5 Å². The fraction of sp³-hybridized carbons (Fsp3) is 0.500. The first-order valence-corrected chi connectivity index (χ1v) is 7.55. The minimum absolute atomic E-state index is 0.0970. The molecule has 0 radical (unpaired) electrons. The molecule has 0 aliphatic carbocycles. The zero-order valence-corrected chi connectivity index (χ0v) is 11.7. The summed E-state index contributed by atoms with van der Waals surface area (Å²) in [5.74, 6) is 0.555. The van der Waals surface area contributed by atoms with Crippen molar-refractivity contribution in [2.75, 3.05) is 19.0 Å². The van der Waals surface area contributed by atoms with Crippen LogP contribution in [0.4, 0.5) is 0 Å². The molecule has 1 heterocycles. The van der Waals surface area contributed by atoms with E-state index in [9.17, 15) is 4.79 Å². The highest BCUT2D eigenvalue weighted by atomic mass is 32.2. The predicted octanol–water partition coefficient (Wildman–Crippen LogP) is 1.53. The van der Waals surface area contributed by atoms with Crippen LogP contribution in [0.15, 0.2) is 29.2 Å². The van der Waals surface area contributed by atoms with E-state index in [1.165, 1.54) is 0 Å². The van der Waals surface area contributed by atoms with Gasteiger partial charge in [-0.15, -0.1) is 11.8 Å². The van der Waals surface area contributed by atoms with Crippen LogP contribution in [-0.4, -0.2) is 30.9 Å². The highest BCUT2D eigenvalue weighted by Gasteiger charge is 2.15. The van der Waals surface area contributed by atoms with Gasteiger partial charge in [0.2, 0.25) is 5.91 Å². The molecule has 0 bridgehead atoms. The van der Waals surface area contributed by atoms with Crippen molar-refractivity contribution in [1.82, 2.24) is 5.32 Å². The van der Waals surface area contributed by atoms with E-state index < -0.39 is 0 Å². The van der Waals surface area contributed by atoms with Gasteiger partial charge in [-0.2, -0.15) is 0 Å². The van der Waals surface area contributed by atoms with Gasteiger partial charge in [-0.25, -0.2) is 0 Å². The van der Waals surface area contributed by atoms with Crippen LogP contribution in [0.3, 0.4) is 0 Å². The number of hydrogen-bond donors (Lipinski definition) is 2. The first kappa shape index (κ1) is 14.4. The molecule has 0 unspecified atom stereocenters. The Balaban J connectivity index is 1.72. The Bertz CT molecular complexity index is 402. The number of thioether (sulfide) groups is 1.